The van der Waals surface area contributed by atoms with E-state index in [9.17, 15) is 18.0 Å². The quantitative estimate of drug-likeness (QED) is 0.710. The summed E-state index contributed by atoms with van der Waals surface area (Å²) >= 11 is 0. The molecule has 8 heteroatoms. The van der Waals surface area contributed by atoms with Crippen LogP contribution in [-0.2, 0) is 4.79 Å². The number of carbonyl (C=O) groups is 1. The summed E-state index contributed by atoms with van der Waals surface area (Å²) in [6.07, 6.45) is 1.35. The standard InChI is InChI=1S/C17H13F3N4O/c1-9(17(25)24-13-7-6-11(18)14(19)15(13)20)23-16-10-4-2-3-5-12(10)21-8-22-16/h2-9H,1H3,(H,24,25)(H,21,22,23). The molecule has 3 rings (SSSR count). The molecule has 25 heavy (non-hydrogen) atoms. The average Bonchev–Trinajstić information content (AvgIpc) is 2.62. The minimum absolute atomic E-state index is 0.430. The van der Waals surface area contributed by atoms with Crippen molar-refractivity contribution in [2.45, 2.75) is 13.0 Å². The van der Waals surface area contributed by atoms with Crippen LogP contribution in [-0.4, -0.2) is 21.9 Å². The Bertz CT molecular complexity index is 943. The highest BCUT2D eigenvalue weighted by Crippen LogP contribution is 2.21. The molecule has 3 aromatic rings. The van der Waals surface area contributed by atoms with Crippen LogP contribution in [0.1, 0.15) is 6.92 Å². The fourth-order valence-electron chi connectivity index (χ4n) is 2.25. The van der Waals surface area contributed by atoms with Crippen LogP contribution >= 0.6 is 0 Å². The Morgan fingerprint density at radius 1 is 1.04 bits per heavy atom. The predicted octanol–water partition coefficient (Wildman–Crippen LogP) is 3.49. The molecule has 2 aromatic carbocycles. The number of nitrogens with zero attached hydrogens (tertiary/aromatic N) is 2. The number of benzene rings is 2. The van der Waals surface area contributed by atoms with Gasteiger partial charge < -0.3 is 10.6 Å². The zero-order valence-electron chi connectivity index (χ0n) is 13.1. The number of nitrogens with one attached hydrogen (secondary N) is 2. The summed E-state index contributed by atoms with van der Waals surface area (Å²) in [6.45, 7) is 1.53. The number of rotatable bonds is 4. The van der Waals surface area contributed by atoms with Crippen molar-refractivity contribution in [1.29, 1.82) is 0 Å². The molecule has 1 heterocycles. The van der Waals surface area contributed by atoms with E-state index in [2.05, 4.69) is 20.6 Å². The maximum atomic E-state index is 13.7. The summed E-state index contributed by atoms with van der Waals surface area (Å²) in [5.41, 5.74) is 0.254. The molecular weight excluding hydrogens is 333 g/mol. The zero-order chi connectivity index (χ0) is 18.0. The second-order valence-electron chi connectivity index (χ2n) is 5.32. The van der Waals surface area contributed by atoms with Crippen molar-refractivity contribution in [1.82, 2.24) is 9.97 Å². The lowest BCUT2D eigenvalue weighted by atomic mass is 10.2. The van der Waals surface area contributed by atoms with Crippen molar-refractivity contribution < 1.29 is 18.0 Å². The molecule has 1 aromatic heterocycles. The van der Waals surface area contributed by atoms with Crippen LogP contribution in [0.2, 0.25) is 0 Å². The number of aromatic nitrogens is 2. The lowest BCUT2D eigenvalue weighted by Gasteiger charge is -2.16. The Morgan fingerprint density at radius 2 is 1.80 bits per heavy atom. The topological polar surface area (TPSA) is 66.9 Å². The van der Waals surface area contributed by atoms with E-state index in [4.69, 9.17) is 0 Å². The first kappa shape index (κ1) is 16.7. The van der Waals surface area contributed by atoms with E-state index >= 15 is 0 Å². The van der Waals surface area contributed by atoms with Crippen LogP contribution in [0, 0.1) is 17.5 Å². The molecule has 2 N–H and O–H groups in total. The summed E-state index contributed by atoms with van der Waals surface area (Å²) in [5.74, 6) is -4.62. The van der Waals surface area contributed by atoms with E-state index in [1.165, 1.54) is 13.3 Å². The lowest BCUT2D eigenvalue weighted by Crippen LogP contribution is -2.32. The fraction of sp³-hybridized carbons (Fsp3) is 0.118. The minimum atomic E-state index is -1.64. The smallest absolute Gasteiger partial charge is 0.246 e. The maximum Gasteiger partial charge on any atom is 0.246 e. The van der Waals surface area contributed by atoms with E-state index in [1.54, 1.807) is 18.2 Å². The second-order valence-corrected chi connectivity index (χ2v) is 5.32. The van der Waals surface area contributed by atoms with Gasteiger partial charge in [-0.15, -0.1) is 0 Å². The lowest BCUT2D eigenvalue weighted by molar-refractivity contribution is -0.116. The Balaban J connectivity index is 1.78. The highest BCUT2D eigenvalue weighted by atomic mass is 19.2. The number of carbonyl (C=O) groups excluding carboxylic acids is 1. The number of amides is 1. The number of halogens is 3. The summed E-state index contributed by atoms with van der Waals surface area (Å²) < 4.78 is 39.8. The molecule has 0 radical (unpaired) electrons. The van der Waals surface area contributed by atoms with Gasteiger partial charge in [0.15, 0.2) is 17.5 Å². The van der Waals surface area contributed by atoms with Gasteiger partial charge in [-0.1, -0.05) is 12.1 Å². The Kier molecular flexibility index (Phi) is 4.51. The van der Waals surface area contributed by atoms with Gasteiger partial charge in [-0.05, 0) is 31.2 Å². The monoisotopic (exact) mass is 346 g/mol. The third kappa shape index (κ3) is 3.37. The third-order valence-corrected chi connectivity index (χ3v) is 3.58. The molecule has 0 aliphatic rings. The Labute approximate surface area is 140 Å². The zero-order valence-corrected chi connectivity index (χ0v) is 13.1. The van der Waals surface area contributed by atoms with Gasteiger partial charge in [-0.2, -0.15) is 0 Å². The molecule has 0 aliphatic carbocycles. The van der Waals surface area contributed by atoms with Crippen LogP contribution in [0.15, 0.2) is 42.7 Å². The highest BCUT2D eigenvalue weighted by Gasteiger charge is 2.19. The number of hydrogen-bond acceptors (Lipinski definition) is 4. The van der Waals surface area contributed by atoms with E-state index < -0.39 is 35.1 Å². The number of hydrogen-bond donors (Lipinski definition) is 2. The van der Waals surface area contributed by atoms with E-state index in [-0.39, 0.29) is 0 Å². The largest absolute Gasteiger partial charge is 0.358 e. The van der Waals surface area contributed by atoms with Crippen LogP contribution in [0.25, 0.3) is 10.9 Å². The fourth-order valence-corrected chi connectivity index (χ4v) is 2.25. The van der Waals surface area contributed by atoms with E-state index in [1.807, 2.05) is 6.07 Å². The van der Waals surface area contributed by atoms with Crippen molar-refractivity contribution in [3.63, 3.8) is 0 Å². The Hall–Kier alpha value is -3.16. The molecule has 0 aliphatic heterocycles. The van der Waals surface area contributed by atoms with Crippen molar-refractivity contribution in [2.24, 2.45) is 0 Å². The molecule has 0 fully saturated rings. The SMILES string of the molecule is CC(Nc1ncnc2ccccc12)C(=O)Nc1ccc(F)c(F)c1F. The molecule has 1 unspecified atom stereocenters. The van der Waals surface area contributed by atoms with Crippen molar-refractivity contribution in [3.8, 4) is 0 Å². The normalized spacial score (nSPS) is 12.0. The summed E-state index contributed by atoms with van der Waals surface area (Å²) in [6, 6.07) is 8.09. The summed E-state index contributed by atoms with van der Waals surface area (Å²) in [4.78, 5) is 20.4. The van der Waals surface area contributed by atoms with Crippen molar-refractivity contribution in [2.75, 3.05) is 10.6 Å². The van der Waals surface area contributed by atoms with Crippen LogP contribution in [0.3, 0.4) is 0 Å². The third-order valence-electron chi connectivity index (χ3n) is 3.58. The molecule has 0 spiro atoms. The average molecular weight is 346 g/mol. The number of para-hydroxylation sites is 1. The van der Waals surface area contributed by atoms with Gasteiger partial charge in [-0.25, -0.2) is 23.1 Å². The van der Waals surface area contributed by atoms with Crippen LogP contribution in [0.5, 0.6) is 0 Å². The first-order valence-electron chi connectivity index (χ1n) is 7.38. The van der Waals surface area contributed by atoms with Crippen molar-refractivity contribution >= 4 is 28.3 Å². The molecule has 5 nitrogen and oxygen atoms in total. The van der Waals surface area contributed by atoms with Gasteiger partial charge in [0, 0.05) is 5.39 Å². The van der Waals surface area contributed by atoms with Gasteiger partial charge in [-0.3, -0.25) is 4.79 Å². The van der Waals surface area contributed by atoms with E-state index in [0.29, 0.717) is 16.7 Å². The first-order chi connectivity index (χ1) is 12.0. The number of fused-ring (bicyclic) bond motifs is 1. The van der Waals surface area contributed by atoms with Crippen LogP contribution < -0.4 is 10.6 Å². The van der Waals surface area contributed by atoms with Crippen LogP contribution in [0.4, 0.5) is 24.7 Å². The van der Waals surface area contributed by atoms with Gasteiger partial charge >= 0.3 is 0 Å². The van der Waals surface area contributed by atoms with E-state index in [0.717, 1.165) is 12.1 Å². The molecule has 0 saturated heterocycles. The highest BCUT2D eigenvalue weighted by molar-refractivity contribution is 5.98. The molecule has 0 saturated carbocycles. The molecule has 1 amide bonds. The molecular formula is C17H13F3N4O. The number of anilines is 2. The van der Waals surface area contributed by atoms with Gasteiger partial charge in [0.25, 0.3) is 0 Å². The molecule has 1 atom stereocenters. The van der Waals surface area contributed by atoms with Gasteiger partial charge in [0.1, 0.15) is 18.2 Å². The second kappa shape index (κ2) is 6.76. The maximum absolute atomic E-state index is 13.7. The predicted molar refractivity (Wildman–Crippen MR) is 87.6 cm³/mol. The first-order valence-corrected chi connectivity index (χ1v) is 7.38. The van der Waals surface area contributed by atoms with Crippen molar-refractivity contribution in [3.05, 3.63) is 60.2 Å². The van der Waals surface area contributed by atoms with Gasteiger partial charge in [0.2, 0.25) is 5.91 Å². The minimum Gasteiger partial charge on any atom is -0.358 e. The molecule has 128 valence electrons. The Morgan fingerprint density at radius 3 is 2.60 bits per heavy atom. The van der Waals surface area contributed by atoms with Gasteiger partial charge in [0.05, 0.1) is 11.2 Å². The summed E-state index contributed by atoms with van der Waals surface area (Å²) in [5, 5.41) is 5.83. The molecule has 0 bridgehead atoms. The summed E-state index contributed by atoms with van der Waals surface area (Å²) in [7, 11) is 0.